The number of anilines is 1. The number of aliphatic imine (C=N–C) groups is 1. The number of allylic oxidation sites excluding steroid dienone is 1. The number of benzene rings is 2. The minimum Gasteiger partial charge on any atom is -0.493 e. The van der Waals surface area contributed by atoms with Crippen molar-refractivity contribution in [2.45, 2.75) is 13.3 Å². The minimum absolute atomic E-state index is 0.0674. The van der Waals surface area contributed by atoms with Crippen LogP contribution in [0.15, 0.2) is 41.4 Å². The largest absolute Gasteiger partial charge is 0.493 e. The average Bonchev–Trinajstić information content (AvgIpc) is 2.97. The number of hydrogen-bond donors (Lipinski definition) is 1. The monoisotopic (exact) mass is 473 g/mol. The molecule has 2 aromatic rings. The zero-order valence-electron chi connectivity index (χ0n) is 18.9. The fraction of sp³-hybridized carbons (Fsp3) is 0.400. The molecule has 1 unspecified atom stereocenters. The highest BCUT2D eigenvalue weighted by Gasteiger charge is 2.18. The number of methoxy groups -OCH3 is 1. The summed E-state index contributed by atoms with van der Waals surface area (Å²) in [5.74, 6) is 0.940. The number of fused-ring (bicyclic) bond motifs is 1. The number of rotatable bonds is 8. The van der Waals surface area contributed by atoms with Crippen LogP contribution in [-0.4, -0.2) is 57.7 Å². The number of hydrogen-bond acceptors (Lipinski definition) is 6. The molecular formula is C25H29ClFN3O3. The molecule has 0 bridgehead atoms. The zero-order chi connectivity index (χ0) is 23.2. The fourth-order valence-corrected chi connectivity index (χ4v) is 4.05. The highest BCUT2D eigenvalue weighted by molar-refractivity contribution is 6.31. The van der Waals surface area contributed by atoms with Crippen LogP contribution in [0.3, 0.4) is 0 Å². The van der Waals surface area contributed by atoms with Crippen LogP contribution >= 0.6 is 11.6 Å². The summed E-state index contributed by atoms with van der Waals surface area (Å²) in [6.07, 6.45) is 4.86. The molecule has 0 aromatic heterocycles. The van der Waals surface area contributed by atoms with E-state index in [1.165, 1.54) is 6.07 Å². The van der Waals surface area contributed by atoms with Gasteiger partial charge in [0.25, 0.3) is 0 Å². The van der Waals surface area contributed by atoms with Gasteiger partial charge in [-0.3, -0.25) is 9.89 Å². The van der Waals surface area contributed by atoms with Crippen molar-refractivity contribution in [1.82, 2.24) is 4.90 Å². The van der Waals surface area contributed by atoms with Gasteiger partial charge < -0.3 is 19.5 Å². The number of ether oxygens (including phenoxy) is 3. The molecule has 33 heavy (non-hydrogen) atoms. The Morgan fingerprint density at radius 2 is 2.03 bits per heavy atom. The maximum Gasteiger partial charge on any atom is 0.162 e. The highest BCUT2D eigenvalue weighted by atomic mass is 35.5. The van der Waals surface area contributed by atoms with Crippen LogP contribution in [0.2, 0.25) is 5.02 Å². The van der Waals surface area contributed by atoms with E-state index in [9.17, 15) is 4.39 Å². The molecule has 6 nitrogen and oxygen atoms in total. The number of nitrogens with one attached hydrogen (secondary N) is 1. The molecule has 0 spiro atoms. The Morgan fingerprint density at radius 1 is 1.21 bits per heavy atom. The second-order valence-electron chi connectivity index (χ2n) is 8.15. The second-order valence-corrected chi connectivity index (χ2v) is 8.55. The summed E-state index contributed by atoms with van der Waals surface area (Å²) in [7, 11) is 1.63. The molecule has 4 rings (SSSR count). The van der Waals surface area contributed by atoms with E-state index in [1.54, 1.807) is 19.2 Å². The van der Waals surface area contributed by atoms with Gasteiger partial charge in [-0.05, 0) is 30.7 Å². The Labute approximate surface area is 199 Å². The van der Waals surface area contributed by atoms with Gasteiger partial charge in [-0.25, -0.2) is 4.39 Å². The first-order valence-corrected chi connectivity index (χ1v) is 11.5. The summed E-state index contributed by atoms with van der Waals surface area (Å²) in [5.41, 5.74) is 3.18. The number of nitrogens with zero attached hydrogens (tertiary/aromatic N) is 2. The summed E-state index contributed by atoms with van der Waals surface area (Å²) in [5, 5.41) is 3.43. The van der Waals surface area contributed by atoms with E-state index in [-0.39, 0.29) is 10.9 Å². The molecule has 176 valence electrons. The summed E-state index contributed by atoms with van der Waals surface area (Å²) < 4.78 is 30.7. The summed E-state index contributed by atoms with van der Waals surface area (Å²) in [4.78, 5) is 7.03. The molecule has 8 heteroatoms. The first kappa shape index (κ1) is 23.5. The second kappa shape index (κ2) is 11.0. The molecular weight excluding hydrogens is 445 g/mol. The van der Waals surface area contributed by atoms with Crippen molar-refractivity contribution in [1.29, 1.82) is 0 Å². The average molecular weight is 474 g/mol. The fourth-order valence-electron chi connectivity index (χ4n) is 3.87. The van der Waals surface area contributed by atoms with Gasteiger partial charge in [0.05, 0.1) is 37.6 Å². The predicted molar refractivity (Wildman–Crippen MR) is 131 cm³/mol. The lowest BCUT2D eigenvalue weighted by molar-refractivity contribution is 0.0357. The highest BCUT2D eigenvalue weighted by Crippen LogP contribution is 2.40. The Balaban J connectivity index is 1.53. The number of halogens is 2. The van der Waals surface area contributed by atoms with Crippen LogP contribution in [0.1, 0.15) is 18.9 Å². The van der Waals surface area contributed by atoms with Crippen LogP contribution in [0, 0.1) is 11.7 Å². The van der Waals surface area contributed by atoms with Crippen LogP contribution < -0.4 is 14.8 Å². The van der Waals surface area contributed by atoms with Crippen LogP contribution in [0.25, 0.3) is 5.70 Å². The first-order chi connectivity index (χ1) is 16.0. The molecule has 0 radical (unpaired) electrons. The standard InChI is InChI=1S/C25H29ClFN3O3/c1-17-12-23(29-18-4-5-21(27)20(26)13-18)19-14-25(24(31-2)15-22(19)28-16-17)33-9-3-6-30-7-10-32-11-8-30/h4-5,12-17,29H,3,6-11H2,1-2H3. The van der Waals surface area contributed by atoms with E-state index in [4.69, 9.17) is 25.8 Å². The van der Waals surface area contributed by atoms with Gasteiger partial charge in [-0.15, -0.1) is 0 Å². The minimum atomic E-state index is -0.452. The summed E-state index contributed by atoms with van der Waals surface area (Å²) >= 11 is 5.98. The van der Waals surface area contributed by atoms with E-state index < -0.39 is 5.82 Å². The van der Waals surface area contributed by atoms with Crippen LogP contribution in [0.4, 0.5) is 15.8 Å². The predicted octanol–water partition coefficient (Wildman–Crippen LogP) is 5.39. The lowest BCUT2D eigenvalue weighted by Crippen LogP contribution is -2.37. The van der Waals surface area contributed by atoms with Gasteiger partial charge in [0, 0.05) is 54.8 Å². The number of morpholine rings is 1. The molecule has 1 atom stereocenters. The van der Waals surface area contributed by atoms with Crippen molar-refractivity contribution >= 4 is 34.9 Å². The zero-order valence-corrected chi connectivity index (χ0v) is 19.7. The van der Waals surface area contributed by atoms with Crippen molar-refractivity contribution < 1.29 is 18.6 Å². The normalized spacial score (nSPS) is 18.3. The molecule has 1 N–H and O–H groups in total. The lowest BCUT2D eigenvalue weighted by Gasteiger charge is -2.26. The molecule has 0 saturated carbocycles. The molecule has 1 fully saturated rings. The van der Waals surface area contributed by atoms with Gasteiger partial charge >= 0.3 is 0 Å². The molecule has 2 aliphatic rings. The van der Waals surface area contributed by atoms with Gasteiger partial charge in [0.15, 0.2) is 11.5 Å². The van der Waals surface area contributed by atoms with Crippen LogP contribution in [0.5, 0.6) is 11.5 Å². The molecule has 0 aliphatic carbocycles. The van der Waals surface area contributed by atoms with E-state index >= 15 is 0 Å². The third-order valence-corrected chi connectivity index (χ3v) is 5.92. The van der Waals surface area contributed by atoms with E-state index in [0.717, 1.165) is 56.2 Å². The van der Waals surface area contributed by atoms with Crippen molar-refractivity contribution in [2.75, 3.05) is 51.9 Å². The Bertz CT molecular complexity index is 1040. The Kier molecular flexibility index (Phi) is 7.85. The lowest BCUT2D eigenvalue weighted by atomic mass is 10.1. The summed E-state index contributed by atoms with van der Waals surface area (Å²) in [6, 6.07) is 8.40. The van der Waals surface area contributed by atoms with Crippen molar-refractivity contribution in [3.05, 3.63) is 52.8 Å². The van der Waals surface area contributed by atoms with Gasteiger partial charge in [0.2, 0.25) is 0 Å². The quantitative estimate of drug-likeness (QED) is 0.521. The molecule has 2 aromatic carbocycles. The third-order valence-electron chi connectivity index (χ3n) is 5.63. The van der Waals surface area contributed by atoms with Gasteiger partial charge in [0.1, 0.15) is 5.82 Å². The molecule has 1 saturated heterocycles. The molecule has 0 amide bonds. The van der Waals surface area contributed by atoms with Crippen molar-refractivity contribution in [2.24, 2.45) is 10.9 Å². The SMILES string of the molecule is COc1cc2c(cc1OCCCN1CCOCC1)C(Nc1ccc(F)c(Cl)c1)=CC(C)C=N2. The maximum absolute atomic E-state index is 13.6. The third kappa shape index (κ3) is 6.05. The van der Waals surface area contributed by atoms with Gasteiger partial charge in [-0.2, -0.15) is 0 Å². The maximum atomic E-state index is 13.6. The van der Waals surface area contributed by atoms with E-state index in [2.05, 4.69) is 28.2 Å². The van der Waals surface area contributed by atoms with Crippen molar-refractivity contribution in [3.63, 3.8) is 0 Å². The molecule has 2 heterocycles. The summed E-state index contributed by atoms with van der Waals surface area (Å²) in [6.45, 7) is 7.11. The first-order valence-electron chi connectivity index (χ1n) is 11.2. The topological polar surface area (TPSA) is 55.3 Å². The van der Waals surface area contributed by atoms with Gasteiger partial charge in [-0.1, -0.05) is 24.6 Å². The van der Waals surface area contributed by atoms with E-state index in [0.29, 0.717) is 23.8 Å². The Hall–Kier alpha value is -2.61. The molecule has 2 aliphatic heterocycles. The van der Waals surface area contributed by atoms with E-state index in [1.807, 2.05) is 18.3 Å². The Morgan fingerprint density at radius 3 is 2.79 bits per heavy atom. The van der Waals surface area contributed by atoms with Crippen LogP contribution in [-0.2, 0) is 4.74 Å². The smallest absolute Gasteiger partial charge is 0.162 e. The van der Waals surface area contributed by atoms with Crippen molar-refractivity contribution in [3.8, 4) is 11.5 Å².